The molecule has 0 aromatic heterocycles. The number of hydrogen-bond donors (Lipinski definition) is 1. The van der Waals surface area contributed by atoms with Crippen LogP contribution < -0.4 is 10.6 Å². The average molecular weight is 345 g/mol. The molecular weight excluding hydrogens is 325 g/mol. The van der Waals surface area contributed by atoms with Crippen LogP contribution in [-0.2, 0) is 4.79 Å². The Balaban J connectivity index is 1.50. The van der Waals surface area contributed by atoms with E-state index in [2.05, 4.69) is 0 Å². The van der Waals surface area contributed by atoms with Gasteiger partial charge in [0.2, 0.25) is 5.91 Å². The summed E-state index contributed by atoms with van der Waals surface area (Å²) in [7, 11) is 0. The Morgan fingerprint density at radius 1 is 1.04 bits per heavy atom. The van der Waals surface area contributed by atoms with E-state index in [1.165, 1.54) is 17.8 Å². The fraction of sp³-hybridized carbons (Fsp3) is 0.278. The molecule has 0 bridgehead atoms. The van der Waals surface area contributed by atoms with Crippen molar-refractivity contribution in [3.63, 3.8) is 0 Å². The molecule has 1 aliphatic rings. The number of piperazine rings is 1. The summed E-state index contributed by atoms with van der Waals surface area (Å²) in [5, 5.41) is 0. The minimum Gasteiger partial charge on any atom is -0.399 e. The summed E-state index contributed by atoms with van der Waals surface area (Å²) in [4.78, 5) is 17.2. The van der Waals surface area contributed by atoms with Gasteiger partial charge < -0.3 is 15.5 Å². The topological polar surface area (TPSA) is 49.6 Å². The van der Waals surface area contributed by atoms with Crippen molar-refractivity contribution in [1.82, 2.24) is 4.90 Å². The van der Waals surface area contributed by atoms with Crippen molar-refractivity contribution < 1.29 is 9.18 Å². The Labute approximate surface area is 145 Å². The van der Waals surface area contributed by atoms with E-state index < -0.39 is 0 Å². The summed E-state index contributed by atoms with van der Waals surface area (Å²) < 4.78 is 13.8. The highest BCUT2D eigenvalue weighted by atomic mass is 32.2. The van der Waals surface area contributed by atoms with Gasteiger partial charge in [-0.1, -0.05) is 12.1 Å². The molecule has 3 rings (SSSR count). The largest absolute Gasteiger partial charge is 0.399 e. The Bertz CT molecular complexity index is 700. The molecular formula is C18H20FN3OS. The average Bonchev–Trinajstić information content (AvgIpc) is 2.61. The van der Waals surface area contributed by atoms with Crippen LogP contribution >= 0.6 is 11.8 Å². The van der Waals surface area contributed by atoms with Crippen molar-refractivity contribution in [1.29, 1.82) is 0 Å². The van der Waals surface area contributed by atoms with Crippen LogP contribution in [0, 0.1) is 5.82 Å². The number of carbonyl (C=O) groups is 1. The maximum Gasteiger partial charge on any atom is 0.233 e. The number of nitrogens with two attached hydrogens (primary N) is 1. The van der Waals surface area contributed by atoms with Crippen LogP contribution in [0.2, 0.25) is 0 Å². The molecule has 0 radical (unpaired) electrons. The van der Waals surface area contributed by atoms with Gasteiger partial charge in [0.1, 0.15) is 5.82 Å². The molecule has 1 amide bonds. The first-order valence-corrected chi connectivity index (χ1v) is 8.87. The molecule has 1 heterocycles. The fourth-order valence-corrected chi connectivity index (χ4v) is 3.51. The third-order valence-electron chi connectivity index (χ3n) is 4.07. The quantitative estimate of drug-likeness (QED) is 0.684. The lowest BCUT2D eigenvalue weighted by Gasteiger charge is -2.36. The number of benzene rings is 2. The van der Waals surface area contributed by atoms with Gasteiger partial charge in [0.05, 0.1) is 11.4 Å². The Kier molecular flexibility index (Phi) is 5.25. The molecule has 2 N–H and O–H groups in total. The lowest BCUT2D eigenvalue weighted by atomic mass is 10.2. The van der Waals surface area contributed by atoms with Crippen molar-refractivity contribution in [2.45, 2.75) is 4.90 Å². The van der Waals surface area contributed by atoms with Crippen LogP contribution in [0.1, 0.15) is 0 Å². The fourth-order valence-electron chi connectivity index (χ4n) is 2.71. The molecule has 4 nitrogen and oxygen atoms in total. The summed E-state index contributed by atoms with van der Waals surface area (Å²) >= 11 is 1.51. The molecule has 2 aromatic rings. The van der Waals surface area contributed by atoms with Crippen LogP contribution in [-0.4, -0.2) is 42.7 Å². The van der Waals surface area contributed by atoms with E-state index in [1.54, 1.807) is 12.1 Å². The smallest absolute Gasteiger partial charge is 0.233 e. The predicted molar refractivity (Wildman–Crippen MR) is 96.8 cm³/mol. The van der Waals surface area contributed by atoms with Crippen molar-refractivity contribution in [3.8, 4) is 0 Å². The molecule has 0 unspecified atom stereocenters. The number of anilines is 2. The number of thioether (sulfide) groups is 1. The number of rotatable bonds is 4. The van der Waals surface area contributed by atoms with Gasteiger partial charge in [-0.25, -0.2) is 4.39 Å². The van der Waals surface area contributed by atoms with Gasteiger partial charge in [-0.3, -0.25) is 4.79 Å². The number of para-hydroxylation sites is 1. The maximum atomic E-state index is 13.8. The number of carbonyl (C=O) groups excluding carboxylic acids is 1. The van der Waals surface area contributed by atoms with E-state index in [0.717, 1.165) is 10.6 Å². The Morgan fingerprint density at radius 2 is 1.71 bits per heavy atom. The van der Waals surface area contributed by atoms with Gasteiger partial charge in [-0.15, -0.1) is 11.8 Å². The zero-order chi connectivity index (χ0) is 16.9. The lowest BCUT2D eigenvalue weighted by Crippen LogP contribution is -2.49. The standard InChI is InChI=1S/C18H20FN3OS/c19-16-3-1-2-4-17(16)21-9-11-22(12-10-21)18(23)13-24-15-7-5-14(20)6-8-15/h1-8H,9-13,20H2. The molecule has 6 heteroatoms. The first-order valence-electron chi connectivity index (χ1n) is 7.89. The van der Waals surface area contributed by atoms with Gasteiger partial charge in [0.25, 0.3) is 0 Å². The number of nitrogen functional groups attached to an aromatic ring is 1. The van der Waals surface area contributed by atoms with Crippen molar-refractivity contribution in [2.24, 2.45) is 0 Å². The second-order valence-corrected chi connectivity index (χ2v) is 6.73. The van der Waals surface area contributed by atoms with Crippen molar-refractivity contribution in [2.75, 3.05) is 42.6 Å². The summed E-state index contributed by atoms with van der Waals surface area (Å²) in [6.45, 7) is 2.54. The normalized spacial score (nSPS) is 14.7. The van der Waals surface area contributed by atoms with E-state index >= 15 is 0 Å². The minimum absolute atomic E-state index is 0.116. The van der Waals surface area contributed by atoms with E-state index in [-0.39, 0.29) is 11.7 Å². The number of halogens is 1. The summed E-state index contributed by atoms with van der Waals surface area (Å²) in [5.41, 5.74) is 6.98. The molecule has 1 saturated heterocycles. The second-order valence-electron chi connectivity index (χ2n) is 5.68. The van der Waals surface area contributed by atoms with E-state index in [1.807, 2.05) is 40.1 Å². The predicted octanol–water partition coefficient (Wildman–Crippen LogP) is 2.85. The molecule has 1 aliphatic heterocycles. The van der Waals surface area contributed by atoms with Crippen LogP contribution in [0.25, 0.3) is 0 Å². The summed E-state index contributed by atoms with van der Waals surface area (Å²) in [6, 6.07) is 14.3. The van der Waals surface area contributed by atoms with Gasteiger partial charge >= 0.3 is 0 Å². The summed E-state index contributed by atoms with van der Waals surface area (Å²) in [6.07, 6.45) is 0. The molecule has 1 fully saturated rings. The van der Waals surface area contributed by atoms with Crippen LogP contribution in [0.4, 0.5) is 15.8 Å². The number of nitrogens with zero attached hydrogens (tertiary/aromatic N) is 2. The monoisotopic (exact) mass is 345 g/mol. The summed E-state index contributed by atoms with van der Waals surface area (Å²) in [5.74, 6) is 0.310. The first-order chi connectivity index (χ1) is 11.6. The molecule has 0 saturated carbocycles. The van der Waals surface area contributed by atoms with Crippen LogP contribution in [0.3, 0.4) is 0 Å². The molecule has 24 heavy (non-hydrogen) atoms. The molecule has 0 spiro atoms. The zero-order valence-corrected chi connectivity index (χ0v) is 14.1. The van der Waals surface area contributed by atoms with Crippen molar-refractivity contribution in [3.05, 3.63) is 54.3 Å². The molecule has 0 atom stereocenters. The molecule has 126 valence electrons. The highest BCUT2D eigenvalue weighted by Gasteiger charge is 2.22. The van der Waals surface area contributed by atoms with E-state index in [4.69, 9.17) is 5.73 Å². The third kappa shape index (κ3) is 4.00. The number of hydrogen-bond acceptors (Lipinski definition) is 4. The van der Waals surface area contributed by atoms with Crippen LogP contribution in [0.5, 0.6) is 0 Å². The Hall–Kier alpha value is -2.21. The van der Waals surface area contributed by atoms with Gasteiger partial charge in [-0.05, 0) is 36.4 Å². The third-order valence-corrected chi connectivity index (χ3v) is 5.06. The van der Waals surface area contributed by atoms with Gasteiger partial charge in [0.15, 0.2) is 0 Å². The van der Waals surface area contributed by atoms with Crippen LogP contribution in [0.15, 0.2) is 53.4 Å². The molecule has 2 aromatic carbocycles. The first kappa shape index (κ1) is 16.6. The molecule has 0 aliphatic carbocycles. The highest BCUT2D eigenvalue weighted by Crippen LogP contribution is 2.22. The van der Waals surface area contributed by atoms with Gasteiger partial charge in [-0.2, -0.15) is 0 Å². The highest BCUT2D eigenvalue weighted by molar-refractivity contribution is 8.00. The van der Waals surface area contributed by atoms with E-state index in [0.29, 0.717) is 37.6 Å². The Morgan fingerprint density at radius 3 is 2.38 bits per heavy atom. The SMILES string of the molecule is Nc1ccc(SCC(=O)N2CCN(c3ccccc3F)CC2)cc1. The van der Waals surface area contributed by atoms with Crippen molar-refractivity contribution >= 4 is 29.0 Å². The lowest BCUT2D eigenvalue weighted by molar-refractivity contribution is -0.128. The maximum absolute atomic E-state index is 13.8. The minimum atomic E-state index is -0.212. The van der Waals surface area contributed by atoms with E-state index in [9.17, 15) is 9.18 Å². The number of amides is 1. The zero-order valence-electron chi connectivity index (χ0n) is 13.3. The van der Waals surface area contributed by atoms with Gasteiger partial charge in [0, 0.05) is 36.8 Å². The second kappa shape index (κ2) is 7.57.